The molecular formula is C21H28N2O3S. The number of urea groups is 1. The quantitative estimate of drug-likeness (QED) is 0.665. The largest absolute Gasteiger partial charge is 0.588 e. The smallest absolute Gasteiger partial charge is 0.361 e. The second-order valence-electron chi connectivity index (χ2n) is 7.13. The van der Waals surface area contributed by atoms with E-state index in [1.54, 1.807) is 12.1 Å². The second-order valence-corrected chi connectivity index (χ2v) is 8.35. The fourth-order valence-electron chi connectivity index (χ4n) is 3.08. The van der Waals surface area contributed by atoms with Crippen molar-refractivity contribution in [3.63, 3.8) is 0 Å². The molecule has 0 fully saturated rings. The van der Waals surface area contributed by atoms with Crippen LogP contribution in [0.2, 0.25) is 0 Å². The summed E-state index contributed by atoms with van der Waals surface area (Å²) < 4.78 is 15.0. The van der Waals surface area contributed by atoms with Crippen molar-refractivity contribution >= 4 is 23.1 Å². The minimum Gasteiger partial charge on any atom is -0.588 e. The summed E-state index contributed by atoms with van der Waals surface area (Å²) in [5.74, 6) is 0.251. The van der Waals surface area contributed by atoms with Gasteiger partial charge in [0.25, 0.3) is 0 Å². The molecule has 0 saturated carbocycles. The molecule has 0 bridgehead atoms. The molecule has 0 aliphatic heterocycles. The Morgan fingerprint density at radius 2 is 1.70 bits per heavy atom. The van der Waals surface area contributed by atoms with Crippen LogP contribution in [0.25, 0.3) is 0 Å². The van der Waals surface area contributed by atoms with E-state index in [1.165, 1.54) is 0 Å². The summed E-state index contributed by atoms with van der Waals surface area (Å²) in [6.07, 6.45) is 0. The number of nitrogens with one attached hydrogen (secondary N) is 2. The molecule has 1 atom stereocenters. The Hall–Kier alpha value is -2.02. The van der Waals surface area contributed by atoms with E-state index in [0.29, 0.717) is 4.90 Å². The molecule has 0 aliphatic carbocycles. The van der Waals surface area contributed by atoms with E-state index in [9.17, 15) is 14.5 Å². The third kappa shape index (κ3) is 4.83. The minimum absolute atomic E-state index is 0.133. The van der Waals surface area contributed by atoms with Crippen LogP contribution in [0.15, 0.2) is 29.2 Å². The highest BCUT2D eigenvalue weighted by Crippen LogP contribution is 2.27. The lowest BCUT2D eigenvalue weighted by molar-refractivity contribution is 0.256. The lowest BCUT2D eigenvalue weighted by Gasteiger charge is -2.18. The zero-order valence-electron chi connectivity index (χ0n) is 16.8. The van der Waals surface area contributed by atoms with Crippen molar-refractivity contribution in [2.45, 2.75) is 59.0 Å². The summed E-state index contributed by atoms with van der Waals surface area (Å²) in [4.78, 5) is 12.8. The fraction of sp³-hybridized carbons (Fsp3) is 0.381. The number of aliphatic hydroxyl groups is 1. The van der Waals surface area contributed by atoms with Crippen molar-refractivity contribution < 1.29 is 14.5 Å². The maximum atomic E-state index is 12.6. The average Bonchev–Trinajstić information content (AvgIpc) is 2.62. The van der Waals surface area contributed by atoms with Gasteiger partial charge in [-0.25, -0.2) is 4.79 Å². The van der Waals surface area contributed by atoms with Crippen LogP contribution in [0.3, 0.4) is 0 Å². The Kier molecular flexibility index (Phi) is 6.92. The standard InChI is InChI=1S/C21H28N2O3S/c1-12(2)19-8-7-18(10-17(19)11-24)27(26)23-21(25)22-20-15(5)13(3)9-14(4)16(20)6/h7-10,12,24H,11H2,1-6H3,(H2,22,23,25). The number of aryl methyl sites for hydroxylation is 2. The van der Waals surface area contributed by atoms with Crippen LogP contribution in [0.5, 0.6) is 0 Å². The molecule has 2 amide bonds. The first kappa shape index (κ1) is 21.3. The Morgan fingerprint density at radius 3 is 2.22 bits per heavy atom. The zero-order chi connectivity index (χ0) is 20.3. The maximum Gasteiger partial charge on any atom is 0.361 e. The number of hydrogen-bond acceptors (Lipinski definition) is 3. The fourth-order valence-corrected chi connectivity index (χ4v) is 3.86. The molecule has 0 aliphatic rings. The van der Waals surface area contributed by atoms with E-state index in [0.717, 1.165) is 39.1 Å². The molecule has 3 N–H and O–H groups in total. The minimum atomic E-state index is -1.72. The Morgan fingerprint density at radius 1 is 1.11 bits per heavy atom. The Labute approximate surface area is 164 Å². The molecule has 2 rings (SSSR count). The van der Waals surface area contributed by atoms with Crippen molar-refractivity contribution in [1.82, 2.24) is 4.72 Å². The third-order valence-corrected chi connectivity index (χ3v) is 5.96. The number of carbonyl (C=O) groups is 1. The first-order valence-electron chi connectivity index (χ1n) is 8.96. The zero-order valence-corrected chi connectivity index (χ0v) is 17.6. The molecule has 0 spiro atoms. The number of aliphatic hydroxyl groups excluding tert-OH is 1. The van der Waals surface area contributed by atoms with Gasteiger partial charge in [-0.2, -0.15) is 0 Å². The van der Waals surface area contributed by atoms with Gasteiger partial charge in [0, 0.05) is 11.8 Å². The molecule has 0 heterocycles. The summed E-state index contributed by atoms with van der Waals surface area (Å²) in [6.45, 7) is 11.8. The van der Waals surface area contributed by atoms with E-state index in [1.807, 2.05) is 47.6 Å². The van der Waals surface area contributed by atoms with Crippen molar-refractivity contribution in [1.29, 1.82) is 0 Å². The molecule has 6 heteroatoms. The van der Waals surface area contributed by atoms with Gasteiger partial charge < -0.3 is 15.0 Å². The number of carbonyl (C=O) groups excluding carboxylic acids is 1. The molecule has 27 heavy (non-hydrogen) atoms. The normalized spacial score (nSPS) is 12.2. The lowest BCUT2D eigenvalue weighted by atomic mass is 9.98. The number of benzene rings is 2. The van der Waals surface area contributed by atoms with Crippen LogP contribution >= 0.6 is 0 Å². The van der Waals surface area contributed by atoms with Crippen LogP contribution in [0.4, 0.5) is 10.5 Å². The van der Waals surface area contributed by atoms with Crippen molar-refractivity contribution in [2.24, 2.45) is 0 Å². The molecule has 0 radical (unpaired) electrons. The predicted molar refractivity (Wildman–Crippen MR) is 110 cm³/mol. The molecule has 5 nitrogen and oxygen atoms in total. The number of anilines is 1. The number of hydrogen-bond donors (Lipinski definition) is 3. The van der Waals surface area contributed by atoms with Crippen LogP contribution in [-0.2, 0) is 18.0 Å². The molecule has 146 valence electrons. The lowest BCUT2D eigenvalue weighted by Crippen LogP contribution is -2.35. The Bertz CT molecular complexity index is 824. The highest BCUT2D eigenvalue weighted by Gasteiger charge is 2.20. The molecule has 1 unspecified atom stereocenters. The monoisotopic (exact) mass is 388 g/mol. The molecule has 0 saturated heterocycles. The first-order valence-corrected chi connectivity index (χ1v) is 10.1. The van der Waals surface area contributed by atoms with Crippen LogP contribution in [0, 0.1) is 27.7 Å². The summed E-state index contributed by atoms with van der Waals surface area (Å²) in [5, 5.41) is 12.4. The summed E-state index contributed by atoms with van der Waals surface area (Å²) in [5.41, 5.74) is 6.62. The van der Waals surface area contributed by atoms with Crippen molar-refractivity contribution in [3.8, 4) is 0 Å². The van der Waals surface area contributed by atoms with Crippen molar-refractivity contribution in [2.75, 3.05) is 5.32 Å². The van der Waals surface area contributed by atoms with Crippen molar-refractivity contribution in [3.05, 3.63) is 57.6 Å². The molecule has 2 aromatic rings. The SMILES string of the molecule is Cc1cc(C)c(C)c(NC(=O)N[S+]([O-])c2ccc(C(C)C)c(CO)c2)c1C. The van der Waals surface area contributed by atoms with E-state index >= 15 is 0 Å². The predicted octanol–water partition coefficient (Wildman–Crippen LogP) is 4.38. The molecule has 2 aromatic carbocycles. The topological polar surface area (TPSA) is 84.4 Å². The molecular weight excluding hydrogens is 360 g/mol. The number of amides is 2. The summed E-state index contributed by atoms with van der Waals surface area (Å²) >= 11 is -1.72. The van der Waals surface area contributed by atoms with Gasteiger partial charge in [-0.05, 0) is 73.1 Å². The third-order valence-electron chi connectivity index (χ3n) is 4.91. The summed E-state index contributed by atoms with van der Waals surface area (Å²) in [7, 11) is 0. The van der Waals surface area contributed by atoms with Crippen LogP contribution in [0.1, 0.15) is 53.1 Å². The van der Waals surface area contributed by atoms with Crippen LogP contribution < -0.4 is 10.0 Å². The van der Waals surface area contributed by atoms with Gasteiger partial charge in [-0.1, -0.05) is 26.0 Å². The average molecular weight is 389 g/mol. The van der Waals surface area contributed by atoms with Gasteiger partial charge in [-0.3, -0.25) is 0 Å². The second kappa shape index (κ2) is 8.78. The van der Waals surface area contributed by atoms with E-state index in [-0.39, 0.29) is 12.5 Å². The van der Waals surface area contributed by atoms with Gasteiger partial charge in [0.2, 0.25) is 0 Å². The first-order chi connectivity index (χ1) is 12.6. The van der Waals surface area contributed by atoms with Gasteiger partial charge >= 0.3 is 6.03 Å². The summed E-state index contributed by atoms with van der Waals surface area (Å²) in [6, 6.07) is 6.81. The van der Waals surface area contributed by atoms with Gasteiger partial charge in [-0.15, -0.1) is 4.72 Å². The van der Waals surface area contributed by atoms with E-state index in [2.05, 4.69) is 16.1 Å². The van der Waals surface area contributed by atoms with Gasteiger partial charge in [0.1, 0.15) is 11.4 Å². The van der Waals surface area contributed by atoms with Crippen LogP contribution in [-0.4, -0.2) is 15.7 Å². The highest BCUT2D eigenvalue weighted by atomic mass is 32.2. The molecule has 0 aromatic heterocycles. The van der Waals surface area contributed by atoms with Gasteiger partial charge in [0.15, 0.2) is 4.90 Å². The Balaban J connectivity index is 2.17. The maximum absolute atomic E-state index is 12.6. The number of rotatable bonds is 5. The highest BCUT2D eigenvalue weighted by molar-refractivity contribution is 7.90. The van der Waals surface area contributed by atoms with E-state index in [4.69, 9.17) is 0 Å². The van der Waals surface area contributed by atoms with E-state index < -0.39 is 17.4 Å². The van der Waals surface area contributed by atoms with Gasteiger partial charge in [0.05, 0.1) is 6.61 Å².